The largest absolute Gasteiger partial charge is 0.321 e. The fourth-order valence-corrected chi connectivity index (χ4v) is 3.06. The van der Waals surface area contributed by atoms with Crippen molar-refractivity contribution < 1.29 is 4.79 Å². The van der Waals surface area contributed by atoms with E-state index >= 15 is 0 Å². The van der Waals surface area contributed by atoms with Gasteiger partial charge >= 0.3 is 0 Å². The van der Waals surface area contributed by atoms with Gasteiger partial charge in [-0.25, -0.2) is 0 Å². The minimum absolute atomic E-state index is 0.0125. The van der Waals surface area contributed by atoms with Crippen LogP contribution in [0.2, 0.25) is 0 Å². The van der Waals surface area contributed by atoms with Gasteiger partial charge in [0.25, 0.3) is 5.91 Å². The number of nitrogens with one attached hydrogen (secondary N) is 1. The number of carbonyl (C=O) groups excluding carboxylic acids is 1. The van der Waals surface area contributed by atoms with Crippen LogP contribution in [0.5, 0.6) is 0 Å². The maximum absolute atomic E-state index is 12.3. The van der Waals surface area contributed by atoms with Crippen molar-refractivity contribution in [1.82, 2.24) is 0 Å². The minimum Gasteiger partial charge on any atom is -0.321 e. The average Bonchev–Trinajstić information content (AvgIpc) is 2.76. The molecule has 0 aliphatic rings. The number of benzene rings is 1. The minimum atomic E-state index is -0.0125. The van der Waals surface area contributed by atoms with E-state index in [1.807, 2.05) is 25.1 Å². The molecule has 2 aromatic rings. The van der Waals surface area contributed by atoms with E-state index in [-0.39, 0.29) is 5.91 Å². The number of hydrogen-bond donors (Lipinski definition) is 1. The quantitative estimate of drug-likeness (QED) is 0.877. The van der Waals surface area contributed by atoms with Gasteiger partial charge in [0.15, 0.2) is 0 Å². The Hall–Kier alpha value is -1.61. The molecule has 2 nitrogen and oxygen atoms in total. The maximum Gasteiger partial charge on any atom is 0.265 e. The molecule has 19 heavy (non-hydrogen) atoms. The van der Waals surface area contributed by atoms with Crippen molar-refractivity contribution in [3.63, 3.8) is 0 Å². The van der Waals surface area contributed by atoms with E-state index < -0.39 is 0 Å². The van der Waals surface area contributed by atoms with Crippen molar-refractivity contribution >= 4 is 22.9 Å². The van der Waals surface area contributed by atoms with Crippen LogP contribution in [-0.4, -0.2) is 5.91 Å². The van der Waals surface area contributed by atoms with Crippen LogP contribution < -0.4 is 5.32 Å². The topological polar surface area (TPSA) is 29.1 Å². The molecule has 0 unspecified atom stereocenters. The lowest BCUT2D eigenvalue weighted by atomic mass is 10.1. The molecule has 0 aliphatic carbocycles. The fraction of sp³-hybridized carbons (Fsp3) is 0.312. The SMILES string of the molecule is CCc1cc(C(=O)Nc2cccc(C)c2C)sc1C. The summed E-state index contributed by atoms with van der Waals surface area (Å²) < 4.78 is 0. The summed E-state index contributed by atoms with van der Waals surface area (Å²) in [7, 11) is 0. The second kappa shape index (κ2) is 5.57. The Morgan fingerprint density at radius 2 is 2.00 bits per heavy atom. The van der Waals surface area contributed by atoms with E-state index in [0.29, 0.717) is 0 Å². The van der Waals surface area contributed by atoms with Crippen molar-refractivity contribution in [2.45, 2.75) is 34.1 Å². The van der Waals surface area contributed by atoms with Crippen LogP contribution in [0, 0.1) is 20.8 Å². The Morgan fingerprint density at radius 1 is 1.26 bits per heavy atom. The van der Waals surface area contributed by atoms with Gasteiger partial charge in [-0.15, -0.1) is 11.3 Å². The van der Waals surface area contributed by atoms with E-state index in [9.17, 15) is 4.79 Å². The molecule has 0 radical (unpaired) electrons. The molecule has 0 aliphatic heterocycles. The number of anilines is 1. The van der Waals surface area contributed by atoms with Crippen molar-refractivity contribution in [2.75, 3.05) is 5.32 Å². The van der Waals surface area contributed by atoms with Crippen LogP contribution in [0.1, 0.15) is 38.2 Å². The van der Waals surface area contributed by atoms with Gasteiger partial charge in [-0.1, -0.05) is 19.1 Å². The molecular formula is C16H19NOS. The first kappa shape index (κ1) is 13.8. The zero-order valence-electron chi connectivity index (χ0n) is 11.8. The number of thiophene rings is 1. The molecule has 1 heterocycles. The summed E-state index contributed by atoms with van der Waals surface area (Å²) in [4.78, 5) is 14.3. The molecule has 0 saturated carbocycles. The zero-order chi connectivity index (χ0) is 14.0. The van der Waals surface area contributed by atoms with Gasteiger partial charge in [-0.05, 0) is 56.0 Å². The Kier molecular flexibility index (Phi) is 4.05. The van der Waals surface area contributed by atoms with Gasteiger partial charge in [-0.2, -0.15) is 0 Å². The summed E-state index contributed by atoms with van der Waals surface area (Å²) >= 11 is 1.56. The number of aryl methyl sites for hydroxylation is 3. The Morgan fingerprint density at radius 3 is 2.63 bits per heavy atom. The van der Waals surface area contributed by atoms with Crippen molar-refractivity contribution in [2.24, 2.45) is 0 Å². The van der Waals surface area contributed by atoms with Crippen LogP contribution in [0.4, 0.5) is 5.69 Å². The van der Waals surface area contributed by atoms with E-state index in [1.165, 1.54) is 16.0 Å². The second-order valence-electron chi connectivity index (χ2n) is 4.75. The normalized spacial score (nSPS) is 10.5. The third kappa shape index (κ3) is 2.87. The summed E-state index contributed by atoms with van der Waals surface area (Å²) in [5, 5.41) is 3.00. The number of amides is 1. The van der Waals surface area contributed by atoms with E-state index in [0.717, 1.165) is 22.5 Å². The Balaban J connectivity index is 2.23. The van der Waals surface area contributed by atoms with Crippen LogP contribution in [0.3, 0.4) is 0 Å². The Bertz CT molecular complexity index is 613. The fourth-order valence-electron chi connectivity index (χ4n) is 2.05. The highest BCUT2D eigenvalue weighted by atomic mass is 32.1. The highest BCUT2D eigenvalue weighted by Gasteiger charge is 2.12. The summed E-state index contributed by atoms with van der Waals surface area (Å²) in [6.07, 6.45) is 0.971. The summed E-state index contributed by atoms with van der Waals surface area (Å²) in [5.41, 5.74) is 4.47. The van der Waals surface area contributed by atoms with Crippen LogP contribution >= 0.6 is 11.3 Å². The number of rotatable bonds is 3. The highest BCUT2D eigenvalue weighted by Crippen LogP contribution is 2.24. The van der Waals surface area contributed by atoms with Gasteiger partial charge in [0.1, 0.15) is 0 Å². The molecule has 0 fully saturated rings. The molecule has 2 rings (SSSR count). The standard InChI is InChI=1S/C16H19NOS/c1-5-13-9-15(19-12(13)4)16(18)17-14-8-6-7-10(2)11(14)3/h6-9H,5H2,1-4H3,(H,17,18). The van der Waals surface area contributed by atoms with Crippen molar-refractivity contribution in [1.29, 1.82) is 0 Å². The lowest BCUT2D eigenvalue weighted by Gasteiger charge is -2.09. The second-order valence-corrected chi connectivity index (χ2v) is 6.00. The highest BCUT2D eigenvalue weighted by molar-refractivity contribution is 7.14. The van der Waals surface area contributed by atoms with Crippen LogP contribution in [0.15, 0.2) is 24.3 Å². The van der Waals surface area contributed by atoms with Gasteiger partial charge in [-0.3, -0.25) is 4.79 Å². The van der Waals surface area contributed by atoms with Crippen molar-refractivity contribution in [3.8, 4) is 0 Å². The first-order valence-corrected chi connectivity index (χ1v) is 7.31. The predicted molar refractivity (Wildman–Crippen MR) is 82.3 cm³/mol. The van der Waals surface area contributed by atoms with Gasteiger partial charge in [0.2, 0.25) is 0 Å². The van der Waals surface area contributed by atoms with E-state index in [2.05, 4.69) is 32.2 Å². The van der Waals surface area contributed by atoms with Gasteiger partial charge in [0, 0.05) is 10.6 Å². The smallest absolute Gasteiger partial charge is 0.265 e. The predicted octanol–water partition coefficient (Wildman–Crippen LogP) is 4.49. The van der Waals surface area contributed by atoms with Gasteiger partial charge < -0.3 is 5.32 Å². The molecule has 0 spiro atoms. The lowest BCUT2D eigenvalue weighted by molar-refractivity contribution is 0.103. The van der Waals surface area contributed by atoms with Gasteiger partial charge in [0.05, 0.1) is 4.88 Å². The van der Waals surface area contributed by atoms with Crippen LogP contribution in [-0.2, 0) is 6.42 Å². The molecule has 1 amide bonds. The zero-order valence-corrected chi connectivity index (χ0v) is 12.6. The third-order valence-electron chi connectivity index (χ3n) is 3.48. The molecular weight excluding hydrogens is 254 g/mol. The number of hydrogen-bond acceptors (Lipinski definition) is 2. The molecule has 1 N–H and O–H groups in total. The monoisotopic (exact) mass is 273 g/mol. The first-order chi connectivity index (χ1) is 9.02. The summed E-state index contributed by atoms with van der Waals surface area (Å²) in [6.45, 7) is 8.26. The van der Waals surface area contributed by atoms with Crippen LogP contribution in [0.25, 0.3) is 0 Å². The Labute approximate surface area is 118 Å². The van der Waals surface area contributed by atoms with Crippen molar-refractivity contribution in [3.05, 3.63) is 50.7 Å². The molecule has 1 aromatic heterocycles. The molecule has 1 aromatic carbocycles. The third-order valence-corrected chi connectivity index (χ3v) is 4.57. The maximum atomic E-state index is 12.3. The first-order valence-electron chi connectivity index (χ1n) is 6.49. The van der Waals surface area contributed by atoms with E-state index in [1.54, 1.807) is 11.3 Å². The average molecular weight is 273 g/mol. The molecule has 0 atom stereocenters. The molecule has 0 bridgehead atoms. The molecule has 3 heteroatoms. The number of carbonyl (C=O) groups is 1. The summed E-state index contributed by atoms with van der Waals surface area (Å²) in [6, 6.07) is 7.96. The van der Waals surface area contributed by atoms with E-state index in [4.69, 9.17) is 0 Å². The summed E-state index contributed by atoms with van der Waals surface area (Å²) in [5.74, 6) is -0.0125. The lowest BCUT2D eigenvalue weighted by Crippen LogP contribution is -2.11. The molecule has 0 saturated heterocycles. The molecule has 100 valence electrons.